The molecule has 1 aliphatic heterocycles. The molecule has 0 radical (unpaired) electrons. The minimum Gasteiger partial charge on any atom is -0.478 e. The molecule has 1 saturated heterocycles. The molecule has 5 nitrogen and oxygen atoms in total. The average molecular weight is 566 g/mol. The summed E-state index contributed by atoms with van der Waals surface area (Å²) in [7, 11) is 0. The maximum absolute atomic E-state index is 11.8. The standard InChI is InChI=1S/C32H34Cl2N2O3/c1-32(2)13-12-23(29(20-32)22-6-8-24(33)9-7-22)21-35-14-16-36(17-15-35)26-10-11-28(31(37)38)30(19-26)39-27-5-3-4-25(34)18-27/h3-11,18-19H,12-17,20-21H2,1-2H3,(H,37,38). The van der Waals surface area contributed by atoms with Gasteiger partial charge in [0.05, 0.1) is 0 Å². The van der Waals surface area contributed by atoms with Gasteiger partial charge in [0.15, 0.2) is 0 Å². The van der Waals surface area contributed by atoms with E-state index in [0.29, 0.717) is 21.9 Å². The van der Waals surface area contributed by atoms with Gasteiger partial charge in [0, 0.05) is 54.5 Å². The van der Waals surface area contributed by atoms with Gasteiger partial charge in [0.25, 0.3) is 0 Å². The van der Waals surface area contributed by atoms with Crippen LogP contribution in [-0.2, 0) is 0 Å². The van der Waals surface area contributed by atoms with E-state index in [2.05, 4.69) is 35.8 Å². The van der Waals surface area contributed by atoms with Gasteiger partial charge in [-0.3, -0.25) is 4.90 Å². The van der Waals surface area contributed by atoms with E-state index in [9.17, 15) is 9.90 Å². The van der Waals surface area contributed by atoms with Crippen molar-refractivity contribution in [3.8, 4) is 11.5 Å². The summed E-state index contributed by atoms with van der Waals surface area (Å²) in [6, 6.07) is 20.6. The van der Waals surface area contributed by atoms with E-state index in [1.807, 2.05) is 24.3 Å². The third-order valence-corrected chi connectivity index (χ3v) is 8.24. The highest BCUT2D eigenvalue weighted by Gasteiger charge is 2.29. The first-order valence-electron chi connectivity index (χ1n) is 13.4. The summed E-state index contributed by atoms with van der Waals surface area (Å²) >= 11 is 12.3. The molecule has 2 aliphatic rings. The predicted octanol–water partition coefficient (Wildman–Crippen LogP) is 8.27. The van der Waals surface area contributed by atoms with Gasteiger partial charge >= 0.3 is 5.97 Å². The molecule has 1 fully saturated rings. The third kappa shape index (κ3) is 6.78. The quantitative estimate of drug-likeness (QED) is 0.313. The van der Waals surface area contributed by atoms with Crippen molar-refractivity contribution in [2.45, 2.75) is 33.1 Å². The van der Waals surface area contributed by atoms with Crippen LogP contribution >= 0.6 is 23.2 Å². The normalized spacial score (nSPS) is 17.8. The second kappa shape index (κ2) is 11.6. The summed E-state index contributed by atoms with van der Waals surface area (Å²) in [6.45, 7) is 9.29. The maximum Gasteiger partial charge on any atom is 0.339 e. The van der Waals surface area contributed by atoms with Gasteiger partial charge < -0.3 is 14.7 Å². The Bertz CT molecular complexity index is 1380. The number of benzene rings is 3. The first-order chi connectivity index (χ1) is 18.7. The van der Waals surface area contributed by atoms with Gasteiger partial charge in [0.1, 0.15) is 17.1 Å². The highest BCUT2D eigenvalue weighted by atomic mass is 35.5. The second-order valence-corrected chi connectivity index (χ2v) is 12.1. The number of hydrogen-bond acceptors (Lipinski definition) is 4. The monoisotopic (exact) mass is 564 g/mol. The zero-order chi connectivity index (χ0) is 27.6. The van der Waals surface area contributed by atoms with Gasteiger partial charge in [-0.05, 0) is 78.3 Å². The molecule has 1 heterocycles. The summed E-state index contributed by atoms with van der Waals surface area (Å²) in [4.78, 5) is 16.7. The number of ether oxygens (including phenoxy) is 1. The molecule has 1 N–H and O–H groups in total. The van der Waals surface area contributed by atoms with Crippen LogP contribution in [0.5, 0.6) is 11.5 Å². The Morgan fingerprint density at radius 1 is 0.949 bits per heavy atom. The smallest absolute Gasteiger partial charge is 0.339 e. The average Bonchev–Trinajstić information content (AvgIpc) is 2.90. The second-order valence-electron chi connectivity index (χ2n) is 11.2. The van der Waals surface area contributed by atoms with Crippen LogP contribution in [0.1, 0.15) is 49.0 Å². The Kier molecular flexibility index (Phi) is 8.22. The van der Waals surface area contributed by atoms with Gasteiger partial charge in [-0.1, -0.05) is 60.8 Å². The highest BCUT2D eigenvalue weighted by Crippen LogP contribution is 2.43. The summed E-state index contributed by atoms with van der Waals surface area (Å²) in [5.41, 5.74) is 5.66. The fraction of sp³-hybridized carbons (Fsp3) is 0.344. The van der Waals surface area contributed by atoms with Crippen molar-refractivity contribution in [1.82, 2.24) is 4.90 Å². The van der Waals surface area contributed by atoms with Crippen LogP contribution < -0.4 is 9.64 Å². The molecular weight excluding hydrogens is 531 g/mol. The van der Waals surface area contributed by atoms with Crippen molar-refractivity contribution in [3.63, 3.8) is 0 Å². The van der Waals surface area contributed by atoms with E-state index < -0.39 is 5.97 Å². The zero-order valence-electron chi connectivity index (χ0n) is 22.4. The van der Waals surface area contributed by atoms with Crippen LogP contribution in [0.3, 0.4) is 0 Å². The number of nitrogens with zero attached hydrogens (tertiary/aromatic N) is 2. The zero-order valence-corrected chi connectivity index (χ0v) is 23.9. The van der Waals surface area contributed by atoms with Crippen molar-refractivity contribution in [2.75, 3.05) is 37.6 Å². The lowest BCUT2D eigenvalue weighted by Crippen LogP contribution is -2.47. The molecule has 7 heteroatoms. The number of allylic oxidation sites excluding steroid dienone is 1. The number of carbonyl (C=O) groups is 1. The summed E-state index contributed by atoms with van der Waals surface area (Å²) < 4.78 is 5.97. The minimum atomic E-state index is -1.02. The SMILES string of the molecule is CC1(C)CCC(CN2CCN(c3ccc(C(=O)O)c(Oc4cccc(Cl)c4)c3)CC2)=C(c2ccc(Cl)cc2)C1. The van der Waals surface area contributed by atoms with Crippen molar-refractivity contribution in [3.05, 3.63) is 93.5 Å². The van der Waals surface area contributed by atoms with Crippen LogP contribution in [0, 0.1) is 5.41 Å². The molecule has 0 amide bonds. The molecule has 5 rings (SSSR count). The van der Waals surface area contributed by atoms with E-state index >= 15 is 0 Å². The maximum atomic E-state index is 11.8. The Balaban J connectivity index is 1.30. The molecule has 204 valence electrons. The first-order valence-corrected chi connectivity index (χ1v) is 14.2. The minimum absolute atomic E-state index is 0.124. The van der Waals surface area contributed by atoms with Gasteiger partial charge in [-0.2, -0.15) is 0 Å². The highest BCUT2D eigenvalue weighted by molar-refractivity contribution is 6.30. The fourth-order valence-corrected chi connectivity index (χ4v) is 5.83. The van der Waals surface area contributed by atoms with Crippen LogP contribution in [0.25, 0.3) is 5.57 Å². The number of carboxylic acid groups (broad SMARTS) is 1. The number of rotatable bonds is 7. The van der Waals surface area contributed by atoms with Crippen LogP contribution in [0.15, 0.2) is 72.3 Å². The van der Waals surface area contributed by atoms with Crippen molar-refractivity contribution >= 4 is 40.4 Å². The first kappa shape index (κ1) is 27.6. The van der Waals surface area contributed by atoms with Crippen molar-refractivity contribution in [2.24, 2.45) is 5.41 Å². The molecule has 0 aromatic heterocycles. The van der Waals surface area contributed by atoms with Gasteiger partial charge in [-0.15, -0.1) is 0 Å². The summed E-state index contributed by atoms with van der Waals surface area (Å²) in [5.74, 6) is -0.205. The number of anilines is 1. The lowest BCUT2D eigenvalue weighted by molar-refractivity contribution is 0.0694. The Morgan fingerprint density at radius 2 is 1.69 bits per heavy atom. The molecule has 0 saturated carbocycles. The predicted molar refractivity (Wildman–Crippen MR) is 160 cm³/mol. The van der Waals surface area contributed by atoms with Crippen molar-refractivity contribution < 1.29 is 14.6 Å². The summed E-state index contributed by atoms with van der Waals surface area (Å²) in [5, 5.41) is 11.0. The number of aromatic carboxylic acids is 1. The topological polar surface area (TPSA) is 53.0 Å². The van der Waals surface area contributed by atoms with E-state index in [1.54, 1.807) is 30.3 Å². The number of carboxylic acids is 1. The molecule has 3 aromatic carbocycles. The van der Waals surface area contributed by atoms with Crippen LogP contribution in [0.2, 0.25) is 10.0 Å². The van der Waals surface area contributed by atoms with Gasteiger partial charge in [-0.25, -0.2) is 4.79 Å². The molecule has 1 aliphatic carbocycles. The molecule has 0 unspecified atom stereocenters. The molecule has 0 spiro atoms. The van der Waals surface area contributed by atoms with Crippen LogP contribution in [-0.4, -0.2) is 48.7 Å². The van der Waals surface area contributed by atoms with E-state index in [0.717, 1.165) is 56.3 Å². The molecule has 0 atom stereocenters. The number of piperazine rings is 1. The van der Waals surface area contributed by atoms with E-state index in [-0.39, 0.29) is 5.56 Å². The molecular formula is C32H34Cl2N2O3. The van der Waals surface area contributed by atoms with Crippen molar-refractivity contribution in [1.29, 1.82) is 0 Å². The van der Waals surface area contributed by atoms with E-state index in [1.165, 1.54) is 23.1 Å². The van der Waals surface area contributed by atoms with Gasteiger partial charge in [0.2, 0.25) is 0 Å². The molecule has 0 bridgehead atoms. The Morgan fingerprint density at radius 3 is 2.38 bits per heavy atom. The number of halogens is 2. The van der Waals surface area contributed by atoms with E-state index in [4.69, 9.17) is 27.9 Å². The Labute approximate surface area is 240 Å². The van der Waals surface area contributed by atoms with Crippen LogP contribution in [0.4, 0.5) is 5.69 Å². The third-order valence-electron chi connectivity index (χ3n) is 7.75. The molecule has 39 heavy (non-hydrogen) atoms. The lowest BCUT2D eigenvalue weighted by Gasteiger charge is -2.39. The number of hydrogen-bond donors (Lipinski definition) is 1. The lowest BCUT2D eigenvalue weighted by atomic mass is 9.72. The molecule has 3 aromatic rings. The fourth-order valence-electron chi connectivity index (χ4n) is 5.52. The summed E-state index contributed by atoms with van der Waals surface area (Å²) in [6.07, 6.45) is 3.39. The Hall–Kier alpha value is -2.99. The largest absolute Gasteiger partial charge is 0.478 e.